The van der Waals surface area contributed by atoms with Gasteiger partial charge < -0.3 is 11.1 Å². The Labute approximate surface area is 103 Å². The summed E-state index contributed by atoms with van der Waals surface area (Å²) in [5.74, 6) is 0.539. The fourth-order valence-corrected chi connectivity index (χ4v) is 1.83. The summed E-state index contributed by atoms with van der Waals surface area (Å²) >= 11 is 12.0. The highest BCUT2D eigenvalue weighted by Gasteiger charge is 2.09. The summed E-state index contributed by atoms with van der Waals surface area (Å²) in [7, 11) is 1.79. The molecule has 16 heavy (non-hydrogen) atoms. The molecule has 1 aromatic carbocycles. The van der Waals surface area contributed by atoms with Gasteiger partial charge in [0.2, 0.25) is 0 Å². The predicted molar refractivity (Wildman–Crippen MR) is 67.4 cm³/mol. The Morgan fingerprint density at radius 1 is 1.31 bits per heavy atom. The maximum atomic E-state index is 6.02. The Bertz CT molecular complexity index is 501. The second kappa shape index (κ2) is 4.23. The lowest BCUT2D eigenvalue weighted by atomic mass is 10.3. The molecule has 0 saturated carbocycles. The van der Waals surface area contributed by atoms with E-state index in [1.807, 2.05) is 0 Å². The molecule has 0 aliphatic rings. The standard InChI is InChI=1S/C10H10Cl2N4/c1-16-5-8(13)10(15-16)14-9-6(11)3-2-4-7(9)12/h2-5H,13H2,1H3,(H,14,15). The molecule has 0 spiro atoms. The van der Waals surface area contributed by atoms with E-state index in [9.17, 15) is 0 Å². The predicted octanol–water partition coefficient (Wildman–Crippen LogP) is 3.05. The van der Waals surface area contributed by atoms with Gasteiger partial charge in [-0.25, -0.2) is 0 Å². The van der Waals surface area contributed by atoms with Gasteiger partial charge in [-0.1, -0.05) is 29.3 Å². The van der Waals surface area contributed by atoms with Gasteiger partial charge in [-0.3, -0.25) is 4.68 Å². The second-order valence-electron chi connectivity index (χ2n) is 3.33. The Morgan fingerprint density at radius 2 is 1.94 bits per heavy atom. The van der Waals surface area contributed by atoms with Crippen molar-refractivity contribution < 1.29 is 0 Å². The van der Waals surface area contributed by atoms with E-state index in [0.717, 1.165) is 0 Å². The topological polar surface area (TPSA) is 55.9 Å². The average molecular weight is 257 g/mol. The summed E-state index contributed by atoms with van der Waals surface area (Å²) < 4.78 is 1.61. The highest BCUT2D eigenvalue weighted by atomic mass is 35.5. The van der Waals surface area contributed by atoms with Crippen LogP contribution < -0.4 is 11.1 Å². The van der Waals surface area contributed by atoms with Crippen LogP contribution in [0.1, 0.15) is 0 Å². The van der Waals surface area contributed by atoms with Gasteiger partial charge >= 0.3 is 0 Å². The minimum Gasteiger partial charge on any atom is -0.394 e. The first kappa shape index (κ1) is 11.1. The molecule has 3 N–H and O–H groups in total. The normalized spacial score (nSPS) is 10.4. The van der Waals surface area contributed by atoms with E-state index in [0.29, 0.717) is 27.2 Å². The maximum absolute atomic E-state index is 6.02. The van der Waals surface area contributed by atoms with Gasteiger partial charge in [0, 0.05) is 13.2 Å². The molecular weight excluding hydrogens is 247 g/mol. The molecule has 84 valence electrons. The molecule has 2 aromatic rings. The lowest BCUT2D eigenvalue weighted by Gasteiger charge is -2.08. The largest absolute Gasteiger partial charge is 0.394 e. The molecule has 2 rings (SSSR count). The number of nitrogens with one attached hydrogen (secondary N) is 1. The van der Waals surface area contributed by atoms with Crippen molar-refractivity contribution in [3.05, 3.63) is 34.4 Å². The zero-order chi connectivity index (χ0) is 11.7. The Hall–Kier alpha value is -1.39. The van der Waals surface area contributed by atoms with Crippen molar-refractivity contribution >= 4 is 40.4 Å². The third-order valence-electron chi connectivity index (χ3n) is 2.06. The fraction of sp³-hybridized carbons (Fsp3) is 0.100. The number of hydrogen-bond acceptors (Lipinski definition) is 3. The van der Waals surface area contributed by atoms with Crippen molar-refractivity contribution in [2.45, 2.75) is 0 Å². The first-order valence-electron chi connectivity index (χ1n) is 4.58. The lowest BCUT2D eigenvalue weighted by Crippen LogP contribution is -1.97. The van der Waals surface area contributed by atoms with E-state index in [1.54, 1.807) is 36.1 Å². The molecule has 0 atom stereocenters. The van der Waals surface area contributed by atoms with Gasteiger partial charge in [-0.15, -0.1) is 0 Å². The summed E-state index contributed by atoms with van der Waals surface area (Å²) in [6, 6.07) is 5.27. The zero-order valence-corrected chi connectivity index (χ0v) is 10.0. The number of nitrogen functional groups attached to an aromatic ring is 1. The molecule has 0 saturated heterocycles. The quantitative estimate of drug-likeness (QED) is 0.869. The molecule has 1 aromatic heterocycles. The Kier molecular flexibility index (Phi) is 2.94. The van der Waals surface area contributed by atoms with Gasteiger partial charge in [0.25, 0.3) is 0 Å². The van der Waals surface area contributed by atoms with Gasteiger partial charge in [0.1, 0.15) is 0 Å². The number of hydrogen-bond donors (Lipinski definition) is 2. The minimum absolute atomic E-state index is 0.526. The number of halogens is 2. The number of aromatic nitrogens is 2. The molecule has 4 nitrogen and oxygen atoms in total. The van der Waals surface area contributed by atoms with Crippen LogP contribution in [0.2, 0.25) is 10.0 Å². The van der Waals surface area contributed by atoms with E-state index in [1.165, 1.54) is 0 Å². The molecule has 0 amide bonds. The first-order chi connectivity index (χ1) is 7.58. The highest BCUT2D eigenvalue weighted by Crippen LogP contribution is 2.33. The zero-order valence-electron chi connectivity index (χ0n) is 8.54. The highest BCUT2D eigenvalue weighted by molar-refractivity contribution is 6.39. The summed E-state index contributed by atoms with van der Waals surface area (Å²) in [6.07, 6.45) is 1.70. The number of benzene rings is 1. The number of anilines is 3. The molecule has 0 fully saturated rings. The molecule has 0 unspecified atom stereocenters. The smallest absolute Gasteiger partial charge is 0.175 e. The van der Waals surface area contributed by atoms with Crippen molar-refractivity contribution in [2.75, 3.05) is 11.1 Å². The number of nitrogens with two attached hydrogens (primary N) is 1. The van der Waals surface area contributed by atoms with E-state index in [-0.39, 0.29) is 0 Å². The summed E-state index contributed by atoms with van der Waals surface area (Å²) in [4.78, 5) is 0. The van der Waals surface area contributed by atoms with E-state index < -0.39 is 0 Å². The van der Waals surface area contributed by atoms with Gasteiger partial charge in [0.15, 0.2) is 5.82 Å². The van der Waals surface area contributed by atoms with E-state index >= 15 is 0 Å². The molecule has 0 aliphatic carbocycles. The number of rotatable bonds is 2. The van der Waals surface area contributed by atoms with Crippen molar-refractivity contribution in [1.29, 1.82) is 0 Å². The van der Waals surface area contributed by atoms with Crippen molar-refractivity contribution in [3.63, 3.8) is 0 Å². The number of nitrogens with zero attached hydrogens (tertiary/aromatic N) is 2. The van der Waals surface area contributed by atoms with Crippen LogP contribution >= 0.6 is 23.2 Å². The van der Waals surface area contributed by atoms with Crippen LogP contribution in [-0.2, 0) is 7.05 Å². The third-order valence-corrected chi connectivity index (χ3v) is 2.69. The monoisotopic (exact) mass is 256 g/mol. The third kappa shape index (κ3) is 2.08. The van der Waals surface area contributed by atoms with Gasteiger partial charge in [-0.2, -0.15) is 5.10 Å². The summed E-state index contributed by atoms with van der Waals surface area (Å²) in [6.45, 7) is 0. The maximum Gasteiger partial charge on any atom is 0.175 e. The first-order valence-corrected chi connectivity index (χ1v) is 5.33. The minimum atomic E-state index is 0.526. The molecule has 0 bridgehead atoms. The Morgan fingerprint density at radius 3 is 2.44 bits per heavy atom. The SMILES string of the molecule is Cn1cc(N)c(Nc2c(Cl)cccc2Cl)n1. The van der Waals surface area contributed by atoms with Crippen LogP contribution in [0.25, 0.3) is 0 Å². The van der Waals surface area contributed by atoms with E-state index in [4.69, 9.17) is 28.9 Å². The van der Waals surface area contributed by atoms with Crippen LogP contribution in [0.4, 0.5) is 17.2 Å². The van der Waals surface area contributed by atoms with Crippen LogP contribution in [0.3, 0.4) is 0 Å². The van der Waals surface area contributed by atoms with Gasteiger partial charge in [-0.05, 0) is 12.1 Å². The van der Waals surface area contributed by atoms with Crippen LogP contribution in [0.15, 0.2) is 24.4 Å². The van der Waals surface area contributed by atoms with Crippen molar-refractivity contribution in [2.24, 2.45) is 7.05 Å². The average Bonchev–Trinajstić information content (AvgIpc) is 2.51. The van der Waals surface area contributed by atoms with Crippen LogP contribution in [0.5, 0.6) is 0 Å². The fourth-order valence-electron chi connectivity index (χ4n) is 1.34. The summed E-state index contributed by atoms with van der Waals surface area (Å²) in [5.41, 5.74) is 6.91. The summed E-state index contributed by atoms with van der Waals surface area (Å²) in [5, 5.41) is 8.21. The van der Waals surface area contributed by atoms with Crippen LogP contribution in [-0.4, -0.2) is 9.78 Å². The van der Waals surface area contributed by atoms with Crippen molar-refractivity contribution in [3.8, 4) is 0 Å². The molecule has 1 heterocycles. The number of aryl methyl sites for hydroxylation is 1. The second-order valence-corrected chi connectivity index (χ2v) is 4.14. The molecular formula is C10H10Cl2N4. The van der Waals surface area contributed by atoms with Crippen molar-refractivity contribution in [1.82, 2.24) is 9.78 Å². The van der Waals surface area contributed by atoms with E-state index in [2.05, 4.69) is 10.4 Å². The lowest BCUT2D eigenvalue weighted by molar-refractivity contribution is 0.771. The Balaban J connectivity index is 2.37. The molecule has 0 aliphatic heterocycles. The van der Waals surface area contributed by atoms with Crippen LogP contribution in [0, 0.1) is 0 Å². The number of para-hydroxylation sites is 1. The molecule has 0 radical (unpaired) electrons. The van der Waals surface area contributed by atoms with Gasteiger partial charge in [0.05, 0.1) is 21.4 Å². The molecule has 6 heteroatoms.